The number of anilines is 1. The van der Waals surface area contributed by atoms with Crippen LogP contribution < -0.4 is 20.5 Å². The molecule has 170 valence electrons. The van der Waals surface area contributed by atoms with E-state index in [1.165, 1.54) is 0 Å². The van der Waals surface area contributed by atoms with Gasteiger partial charge in [0.05, 0.1) is 28.4 Å². The van der Waals surface area contributed by atoms with Crippen LogP contribution in [0.1, 0.15) is 30.6 Å². The molecular weight excluding hydrogens is 408 g/mol. The Hall–Kier alpha value is -3.26. The second-order valence-electron chi connectivity index (χ2n) is 8.65. The fourth-order valence-electron chi connectivity index (χ4n) is 4.09. The highest BCUT2D eigenvalue weighted by Crippen LogP contribution is 2.32. The van der Waals surface area contributed by atoms with Crippen molar-refractivity contribution in [3.05, 3.63) is 52.4 Å². The van der Waals surface area contributed by atoms with Crippen LogP contribution in [0, 0.1) is 0 Å². The molecule has 0 spiro atoms. The number of benzene rings is 2. The number of likely N-dealkylation sites (tertiary alicyclic amines) is 1. The molecule has 3 aromatic rings. The number of amides is 1. The zero-order valence-corrected chi connectivity index (χ0v) is 19.2. The molecule has 1 amide bonds. The fourth-order valence-corrected chi connectivity index (χ4v) is 4.09. The predicted octanol–water partition coefficient (Wildman–Crippen LogP) is 3.00. The summed E-state index contributed by atoms with van der Waals surface area (Å²) in [5.41, 5.74) is 2.27. The molecule has 4 rings (SSSR count). The number of nitrogens with zero attached hydrogens (tertiary/aromatic N) is 3. The third-order valence-electron chi connectivity index (χ3n) is 5.76. The van der Waals surface area contributed by atoms with Gasteiger partial charge in [0.2, 0.25) is 0 Å². The van der Waals surface area contributed by atoms with Gasteiger partial charge in [-0.15, -0.1) is 0 Å². The SMILES string of the molecule is CC(C)Oc1cc2c(cc1NC(=O)c1ccccc1OC1CCN(C)C1)n(C)c(=O)n2C. The Labute approximate surface area is 187 Å². The third kappa shape index (κ3) is 4.23. The first kappa shape index (κ1) is 22.0. The molecule has 1 aromatic heterocycles. The summed E-state index contributed by atoms with van der Waals surface area (Å²) in [5.74, 6) is 0.781. The van der Waals surface area contributed by atoms with E-state index in [9.17, 15) is 9.59 Å². The fraction of sp³-hybridized carbons (Fsp3) is 0.417. The summed E-state index contributed by atoms with van der Waals surface area (Å²) >= 11 is 0. The van der Waals surface area contributed by atoms with Crippen molar-refractivity contribution in [2.24, 2.45) is 14.1 Å². The maximum Gasteiger partial charge on any atom is 0.328 e. The molecule has 0 bridgehead atoms. The predicted molar refractivity (Wildman–Crippen MR) is 125 cm³/mol. The molecule has 1 aliphatic rings. The van der Waals surface area contributed by atoms with E-state index in [4.69, 9.17) is 9.47 Å². The molecular formula is C24H30N4O4. The number of likely N-dealkylation sites (N-methyl/N-ethyl adjacent to an activating group) is 1. The summed E-state index contributed by atoms with van der Waals surface area (Å²) in [6.07, 6.45) is 0.889. The Morgan fingerprint density at radius 1 is 1.06 bits per heavy atom. The number of nitrogens with one attached hydrogen (secondary N) is 1. The first-order chi connectivity index (χ1) is 15.2. The van der Waals surface area contributed by atoms with Crippen LogP contribution in [0.25, 0.3) is 11.0 Å². The van der Waals surface area contributed by atoms with Crippen LogP contribution in [0.4, 0.5) is 5.69 Å². The molecule has 2 aromatic carbocycles. The number of carbonyl (C=O) groups excluding carboxylic acids is 1. The lowest BCUT2D eigenvalue weighted by Gasteiger charge is -2.18. The molecule has 1 saturated heterocycles. The van der Waals surface area contributed by atoms with Gasteiger partial charge < -0.3 is 19.7 Å². The van der Waals surface area contributed by atoms with Crippen LogP contribution in [0.3, 0.4) is 0 Å². The van der Waals surface area contributed by atoms with Crippen molar-refractivity contribution in [2.45, 2.75) is 32.5 Å². The van der Waals surface area contributed by atoms with Crippen LogP contribution in [-0.4, -0.2) is 52.3 Å². The summed E-state index contributed by atoms with van der Waals surface area (Å²) < 4.78 is 15.2. The molecule has 1 fully saturated rings. The van der Waals surface area contributed by atoms with Gasteiger partial charge in [0.25, 0.3) is 5.91 Å². The van der Waals surface area contributed by atoms with E-state index in [0.717, 1.165) is 25.0 Å². The number of ether oxygens (including phenoxy) is 2. The molecule has 0 aliphatic carbocycles. The summed E-state index contributed by atoms with van der Waals surface area (Å²) in [5, 5.41) is 2.98. The number of hydrogen-bond acceptors (Lipinski definition) is 5. The molecule has 1 aliphatic heterocycles. The number of aryl methyl sites for hydroxylation is 2. The summed E-state index contributed by atoms with van der Waals surface area (Å²) in [6.45, 7) is 5.65. The Morgan fingerprint density at radius 3 is 2.41 bits per heavy atom. The minimum Gasteiger partial charge on any atom is -0.489 e. The normalized spacial score (nSPS) is 16.6. The quantitative estimate of drug-likeness (QED) is 0.640. The van der Waals surface area contributed by atoms with Crippen molar-refractivity contribution < 1.29 is 14.3 Å². The van der Waals surface area contributed by atoms with Crippen molar-refractivity contribution in [3.63, 3.8) is 0 Å². The van der Waals surface area contributed by atoms with Gasteiger partial charge in [-0.2, -0.15) is 0 Å². The second kappa shape index (κ2) is 8.70. The Bertz CT molecular complexity index is 1210. The number of hydrogen-bond donors (Lipinski definition) is 1. The highest BCUT2D eigenvalue weighted by atomic mass is 16.5. The first-order valence-corrected chi connectivity index (χ1v) is 10.9. The maximum absolute atomic E-state index is 13.3. The van der Waals surface area contributed by atoms with Gasteiger partial charge in [-0.3, -0.25) is 13.9 Å². The van der Waals surface area contributed by atoms with Gasteiger partial charge in [-0.05, 0) is 45.5 Å². The topological polar surface area (TPSA) is 77.7 Å². The Kier molecular flexibility index (Phi) is 5.97. The molecule has 0 radical (unpaired) electrons. The van der Waals surface area contributed by atoms with Crippen LogP contribution in [0.5, 0.6) is 11.5 Å². The number of fused-ring (bicyclic) bond motifs is 1. The van der Waals surface area contributed by atoms with Crippen LogP contribution in [-0.2, 0) is 14.1 Å². The lowest BCUT2D eigenvalue weighted by molar-refractivity contribution is 0.101. The van der Waals surface area contributed by atoms with E-state index < -0.39 is 0 Å². The minimum absolute atomic E-state index is 0.0592. The average Bonchev–Trinajstić information content (AvgIpc) is 3.25. The number of rotatable bonds is 6. The van der Waals surface area contributed by atoms with Gasteiger partial charge in [0.15, 0.2) is 0 Å². The van der Waals surface area contributed by atoms with Crippen molar-refractivity contribution in [3.8, 4) is 11.5 Å². The number of carbonyl (C=O) groups is 1. The van der Waals surface area contributed by atoms with Gasteiger partial charge in [0, 0.05) is 33.3 Å². The summed E-state index contributed by atoms with van der Waals surface area (Å²) in [6, 6.07) is 10.8. The molecule has 1 N–H and O–H groups in total. The van der Waals surface area contributed by atoms with Crippen LogP contribution in [0.2, 0.25) is 0 Å². The zero-order valence-electron chi connectivity index (χ0n) is 19.2. The van der Waals surface area contributed by atoms with E-state index in [1.807, 2.05) is 32.0 Å². The number of aromatic nitrogens is 2. The largest absolute Gasteiger partial charge is 0.489 e. The maximum atomic E-state index is 13.3. The van der Waals surface area contributed by atoms with Gasteiger partial charge in [-0.25, -0.2) is 4.79 Å². The summed E-state index contributed by atoms with van der Waals surface area (Å²) in [7, 11) is 5.49. The van der Waals surface area contributed by atoms with Crippen molar-refractivity contribution in [2.75, 3.05) is 25.5 Å². The highest BCUT2D eigenvalue weighted by molar-refractivity contribution is 6.07. The van der Waals surface area contributed by atoms with E-state index in [-0.39, 0.29) is 23.8 Å². The van der Waals surface area contributed by atoms with Crippen LogP contribution in [0.15, 0.2) is 41.2 Å². The van der Waals surface area contributed by atoms with E-state index in [1.54, 1.807) is 41.4 Å². The van der Waals surface area contributed by atoms with E-state index in [0.29, 0.717) is 28.3 Å². The highest BCUT2D eigenvalue weighted by Gasteiger charge is 2.24. The lowest BCUT2D eigenvalue weighted by atomic mass is 10.1. The molecule has 2 heterocycles. The lowest BCUT2D eigenvalue weighted by Crippen LogP contribution is -2.23. The zero-order chi connectivity index (χ0) is 23.0. The van der Waals surface area contributed by atoms with Crippen molar-refractivity contribution >= 4 is 22.6 Å². The molecule has 1 atom stereocenters. The summed E-state index contributed by atoms with van der Waals surface area (Å²) in [4.78, 5) is 27.9. The van der Waals surface area contributed by atoms with Gasteiger partial charge in [0.1, 0.15) is 17.6 Å². The van der Waals surface area contributed by atoms with E-state index in [2.05, 4.69) is 17.3 Å². The molecule has 8 nitrogen and oxygen atoms in total. The van der Waals surface area contributed by atoms with Crippen molar-refractivity contribution in [1.82, 2.24) is 14.0 Å². The first-order valence-electron chi connectivity index (χ1n) is 10.9. The Balaban J connectivity index is 1.68. The molecule has 1 unspecified atom stereocenters. The van der Waals surface area contributed by atoms with Gasteiger partial charge >= 0.3 is 5.69 Å². The second-order valence-corrected chi connectivity index (χ2v) is 8.65. The smallest absolute Gasteiger partial charge is 0.328 e. The van der Waals surface area contributed by atoms with E-state index >= 15 is 0 Å². The Morgan fingerprint density at radius 2 is 1.75 bits per heavy atom. The molecule has 32 heavy (non-hydrogen) atoms. The third-order valence-corrected chi connectivity index (χ3v) is 5.76. The van der Waals surface area contributed by atoms with Crippen LogP contribution >= 0.6 is 0 Å². The van der Waals surface area contributed by atoms with Crippen molar-refractivity contribution in [1.29, 1.82) is 0 Å². The monoisotopic (exact) mass is 438 g/mol. The average molecular weight is 439 g/mol. The number of para-hydroxylation sites is 1. The number of imidazole rings is 1. The molecule has 8 heteroatoms. The standard InChI is InChI=1S/C24H30N4O4/c1-15(2)31-22-13-20-19(27(4)24(30)28(20)5)12-18(22)25-23(29)17-8-6-7-9-21(17)32-16-10-11-26(3)14-16/h6-9,12-13,15-16H,10-11,14H2,1-5H3,(H,25,29). The molecule has 0 saturated carbocycles. The minimum atomic E-state index is -0.291. The van der Waals surface area contributed by atoms with Gasteiger partial charge in [-0.1, -0.05) is 12.1 Å².